The highest BCUT2D eigenvalue weighted by Gasteiger charge is 2.15. The lowest BCUT2D eigenvalue weighted by Crippen LogP contribution is -2.35. The summed E-state index contributed by atoms with van der Waals surface area (Å²) < 4.78 is 15.7. The fourth-order valence-corrected chi connectivity index (χ4v) is 1.81. The van der Waals surface area contributed by atoms with Crippen molar-refractivity contribution in [1.82, 2.24) is 5.32 Å². The summed E-state index contributed by atoms with van der Waals surface area (Å²) in [7, 11) is 1.53. The third-order valence-electron chi connectivity index (χ3n) is 2.97. The second-order valence-corrected chi connectivity index (χ2v) is 4.82. The summed E-state index contributed by atoms with van der Waals surface area (Å²) in [5, 5.41) is 2.58. The third kappa shape index (κ3) is 6.16. The van der Waals surface area contributed by atoms with Crippen molar-refractivity contribution < 1.29 is 23.8 Å². The number of benzene rings is 1. The van der Waals surface area contributed by atoms with Crippen molar-refractivity contribution in [2.24, 2.45) is 0 Å². The first-order valence-electron chi connectivity index (χ1n) is 7.60. The van der Waals surface area contributed by atoms with Gasteiger partial charge in [0, 0.05) is 12.6 Å². The molecular formula is C18H23NO5. The zero-order valence-corrected chi connectivity index (χ0v) is 14.2. The summed E-state index contributed by atoms with van der Waals surface area (Å²) in [5.74, 6) is 0.203. The highest BCUT2D eigenvalue weighted by molar-refractivity contribution is 5.90. The molecule has 0 radical (unpaired) electrons. The molecule has 0 bridgehead atoms. The molecule has 1 N–H and O–H groups in total. The molecule has 0 aliphatic carbocycles. The van der Waals surface area contributed by atoms with Crippen LogP contribution in [-0.4, -0.2) is 38.2 Å². The maximum absolute atomic E-state index is 11.7. The summed E-state index contributed by atoms with van der Waals surface area (Å²) in [6.45, 7) is 7.75. The van der Waals surface area contributed by atoms with Gasteiger partial charge in [-0.2, -0.15) is 0 Å². The van der Waals surface area contributed by atoms with E-state index in [0.29, 0.717) is 24.7 Å². The lowest BCUT2D eigenvalue weighted by molar-refractivity contribution is -0.150. The first-order valence-corrected chi connectivity index (χ1v) is 7.60. The van der Waals surface area contributed by atoms with E-state index in [2.05, 4.69) is 11.9 Å². The molecule has 0 unspecified atom stereocenters. The summed E-state index contributed by atoms with van der Waals surface area (Å²) in [6.07, 6.45) is 3.63. The largest absolute Gasteiger partial charge is 0.493 e. The van der Waals surface area contributed by atoms with Crippen LogP contribution in [0.4, 0.5) is 0 Å². The van der Waals surface area contributed by atoms with E-state index in [9.17, 15) is 9.59 Å². The minimum Gasteiger partial charge on any atom is -0.493 e. The van der Waals surface area contributed by atoms with Gasteiger partial charge in [0.1, 0.15) is 6.61 Å². The molecule has 0 heterocycles. The molecule has 0 aliphatic heterocycles. The maximum Gasteiger partial charge on any atom is 0.331 e. The summed E-state index contributed by atoms with van der Waals surface area (Å²) in [5.41, 5.74) is 0.736. The van der Waals surface area contributed by atoms with E-state index in [-0.39, 0.29) is 5.91 Å². The highest BCUT2D eigenvalue weighted by Crippen LogP contribution is 2.28. The number of nitrogens with one attached hydrogen (secondary N) is 1. The van der Waals surface area contributed by atoms with E-state index in [0.717, 1.165) is 5.56 Å². The molecule has 0 aromatic heterocycles. The minimum absolute atomic E-state index is 0.329. The molecule has 130 valence electrons. The van der Waals surface area contributed by atoms with Gasteiger partial charge in [-0.1, -0.05) is 18.7 Å². The van der Waals surface area contributed by atoms with Gasteiger partial charge in [0.25, 0.3) is 5.91 Å². The van der Waals surface area contributed by atoms with E-state index in [1.165, 1.54) is 20.1 Å². The van der Waals surface area contributed by atoms with Crippen molar-refractivity contribution in [2.45, 2.75) is 20.0 Å². The Kier molecular flexibility index (Phi) is 8.11. The first-order chi connectivity index (χ1) is 11.5. The summed E-state index contributed by atoms with van der Waals surface area (Å²) >= 11 is 0. The molecule has 1 atom stereocenters. The van der Waals surface area contributed by atoms with Gasteiger partial charge in [-0.25, -0.2) is 4.79 Å². The molecule has 0 aliphatic rings. The van der Waals surface area contributed by atoms with Gasteiger partial charge in [0.15, 0.2) is 17.6 Å². The number of ether oxygens (including phenoxy) is 3. The number of rotatable bonds is 9. The van der Waals surface area contributed by atoms with Crippen LogP contribution in [0.2, 0.25) is 0 Å². The Morgan fingerprint density at radius 2 is 2.08 bits per heavy atom. The van der Waals surface area contributed by atoms with Crippen molar-refractivity contribution in [1.29, 1.82) is 0 Å². The van der Waals surface area contributed by atoms with Gasteiger partial charge >= 0.3 is 5.97 Å². The SMILES string of the molecule is C=CCOc1ccc(/C=C/C(=O)O[C@H](C)C(=O)NCC)cc1OC. The molecule has 6 heteroatoms. The van der Waals surface area contributed by atoms with Crippen LogP contribution < -0.4 is 14.8 Å². The topological polar surface area (TPSA) is 73.9 Å². The van der Waals surface area contributed by atoms with Gasteiger partial charge in [-0.15, -0.1) is 0 Å². The Balaban J connectivity index is 2.70. The zero-order valence-electron chi connectivity index (χ0n) is 14.2. The Labute approximate surface area is 142 Å². The van der Waals surface area contributed by atoms with Crippen molar-refractivity contribution in [3.05, 3.63) is 42.5 Å². The van der Waals surface area contributed by atoms with Gasteiger partial charge in [0.05, 0.1) is 7.11 Å². The highest BCUT2D eigenvalue weighted by atomic mass is 16.5. The van der Waals surface area contributed by atoms with Gasteiger partial charge < -0.3 is 19.5 Å². The van der Waals surface area contributed by atoms with E-state index < -0.39 is 12.1 Å². The van der Waals surface area contributed by atoms with E-state index in [1.807, 2.05) is 0 Å². The fourth-order valence-electron chi connectivity index (χ4n) is 1.81. The average molecular weight is 333 g/mol. The number of hydrogen-bond donors (Lipinski definition) is 1. The van der Waals surface area contributed by atoms with E-state index >= 15 is 0 Å². The van der Waals surface area contributed by atoms with Crippen molar-refractivity contribution in [3.8, 4) is 11.5 Å². The first kappa shape index (κ1) is 19.3. The quantitative estimate of drug-likeness (QED) is 0.426. The second kappa shape index (κ2) is 10.1. The summed E-state index contributed by atoms with van der Waals surface area (Å²) in [6, 6.07) is 5.25. The summed E-state index contributed by atoms with van der Waals surface area (Å²) in [4.78, 5) is 23.3. The molecule has 0 saturated heterocycles. The number of amides is 1. The predicted octanol–water partition coefficient (Wildman–Crippen LogP) is 2.34. The standard InChI is InChI=1S/C18H23NO5/c1-5-11-23-15-9-7-14(12-16(15)22-4)8-10-17(20)24-13(3)18(21)19-6-2/h5,7-10,12-13H,1,6,11H2,2-4H3,(H,19,21)/b10-8+/t13-/m1/s1. The van der Waals surface area contributed by atoms with Crippen LogP contribution in [0.1, 0.15) is 19.4 Å². The molecular weight excluding hydrogens is 310 g/mol. The van der Waals surface area contributed by atoms with Crippen LogP contribution >= 0.6 is 0 Å². The normalized spacial score (nSPS) is 11.6. The van der Waals surface area contributed by atoms with Gasteiger partial charge in [0.2, 0.25) is 0 Å². The van der Waals surface area contributed by atoms with Crippen molar-refractivity contribution >= 4 is 18.0 Å². The molecule has 1 amide bonds. The molecule has 0 fully saturated rings. The number of esters is 1. The van der Waals surface area contributed by atoms with Crippen LogP contribution in [0.25, 0.3) is 6.08 Å². The average Bonchev–Trinajstić information content (AvgIpc) is 2.58. The van der Waals surface area contributed by atoms with Crippen molar-refractivity contribution in [2.75, 3.05) is 20.3 Å². The van der Waals surface area contributed by atoms with Gasteiger partial charge in [-0.3, -0.25) is 4.79 Å². The number of likely N-dealkylation sites (N-methyl/N-ethyl adjacent to an activating group) is 1. The number of carbonyl (C=O) groups excluding carboxylic acids is 2. The van der Waals surface area contributed by atoms with E-state index in [1.54, 1.807) is 37.3 Å². The molecule has 6 nitrogen and oxygen atoms in total. The number of hydrogen-bond acceptors (Lipinski definition) is 5. The Bertz CT molecular complexity index is 609. The zero-order chi connectivity index (χ0) is 17.9. The van der Waals surface area contributed by atoms with Crippen molar-refractivity contribution in [3.63, 3.8) is 0 Å². The molecule has 1 aromatic carbocycles. The monoisotopic (exact) mass is 333 g/mol. The van der Waals surface area contributed by atoms with E-state index in [4.69, 9.17) is 14.2 Å². The number of carbonyl (C=O) groups is 2. The number of methoxy groups -OCH3 is 1. The molecule has 1 aromatic rings. The maximum atomic E-state index is 11.7. The van der Waals surface area contributed by atoms with Crippen LogP contribution in [-0.2, 0) is 14.3 Å². The minimum atomic E-state index is -0.841. The van der Waals surface area contributed by atoms with Crippen LogP contribution in [0, 0.1) is 0 Å². The molecule has 1 rings (SSSR count). The Hall–Kier alpha value is -2.76. The molecule has 0 spiro atoms. The lowest BCUT2D eigenvalue weighted by atomic mass is 10.2. The second-order valence-electron chi connectivity index (χ2n) is 4.82. The smallest absolute Gasteiger partial charge is 0.331 e. The van der Waals surface area contributed by atoms with Gasteiger partial charge in [-0.05, 0) is 37.6 Å². The Morgan fingerprint density at radius 1 is 1.33 bits per heavy atom. The Morgan fingerprint density at radius 3 is 2.71 bits per heavy atom. The fraction of sp³-hybridized carbons (Fsp3) is 0.333. The molecule has 24 heavy (non-hydrogen) atoms. The van der Waals surface area contributed by atoms with Crippen LogP contribution in [0.3, 0.4) is 0 Å². The third-order valence-corrected chi connectivity index (χ3v) is 2.97. The predicted molar refractivity (Wildman–Crippen MR) is 92.0 cm³/mol. The lowest BCUT2D eigenvalue weighted by Gasteiger charge is -2.11. The molecule has 0 saturated carbocycles. The van der Waals surface area contributed by atoms with Crippen LogP contribution in [0.15, 0.2) is 36.9 Å². The van der Waals surface area contributed by atoms with Crippen LogP contribution in [0.5, 0.6) is 11.5 Å².